The molecular weight excluding hydrogens is 510 g/mol. The van der Waals surface area contributed by atoms with Crippen molar-refractivity contribution in [1.29, 1.82) is 5.26 Å². The van der Waals surface area contributed by atoms with Crippen molar-refractivity contribution in [3.8, 4) is 17.6 Å². The van der Waals surface area contributed by atoms with Gasteiger partial charge in [-0.2, -0.15) is 14.6 Å². The topological polar surface area (TPSA) is 174 Å². The molecule has 1 heterocycles. The number of carbonyl (C=O) groups is 1. The summed E-state index contributed by atoms with van der Waals surface area (Å²) in [7, 11) is -3.63. The third-order valence-electron chi connectivity index (χ3n) is 4.44. The molecule has 0 unspecified atom stereocenters. The van der Waals surface area contributed by atoms with Crippen molar-refractivity contribution >= 4 is 44.2 Å². The van der Waals surface area contributed by atoms with Gasteiger partial charge in [-0.3, -0.25) is 20.2 Å². The van der Waals surface area contributed by atoms with Crippen LogP contribution >= 0.6 is 11.5 Å². The highest BCUT2D eigenvalue weighted by Crippen LogP contribution is 2.30. The Kier molecular flexibility index (Phi) is 8.30. The maximum Gasteiger partial charge on any atom is 0.269 e. The Morgan fingerprint density at radius 3 is 2.53 bits per heavy atom. The molecule has 1 N–H and O–H groups in total. The summed E-state index contributed by atoms with van der Waals surface area (Å²) < 4.78 is 38.1. The minimum Gasteiger partial charge on any atom is -0.490 e. The van der Waals surface area contributed by atoms with Crippen LogP contribution in [0.1, 0.15) is 18.1 Å². The van der Waals surface area contributed by atoms with Gasteiger partial charge in [0.2, 0.25) is 15.0 Å². The van der Waals surface area contributed by atoms with Crippen molar-refractivity contribution < 1.29 is 27.6 Å². The number of carbonyl (C=O) groups excluding carboxylic acids is 1. The number of benzene rings is 2. The number of non-ortho nitro benzene ring substituents is 1. The Hall–Kier alpha value is -4.35. The van der Waals surface area contributed by atoms with E-state index in [-0.39, 0.29) is 23.0 Å². The first-order valence-corrected chi connectivity index (χ1v) is 12.9. The molecule has 0 bridgehead atoms. The van der Waals surface area contributed by atoms with Crippen LogP contribution in [0.15, 0.2) is 53.2 Å². The summed E-state index contributed by atoms with van der Waals surface area (Å²) in [5, 5.41) is 22.1. The SMILES string of the molecule is CCOc1cc(/C=C(/C#N)C(=O)Nc2nc(S(C)(=O)=O)ns2)ccc1OCc1ccc([N+](=O)[O-])cc1. The first-order chi connectivity index (χ1) is 17.1. The highest BCUT2D eigenvalue weighted by Gasteiger charge is 2.18. The molecule has 0 saturated heterocycles. The number of nitriles is 1. The van der Waals surface area contributed by atoms with E-state index < -0.39 is 25.8 Å². The highest BCUT2D eigenvalue weighted by molar-refractivity contribution is 7.90. The summed E-state index contributed by atoms with van der Waals surface area (Å²) in [5.41, 5.74) is 0.908. The molecule has 0 aliphatic rings. The van der Waals surface area contributed by atoms with E-state index in [2.05, 4.69) is 14.7 Å². The first-order valence-electron chi connectivity index (χ1n) is 10.2. The van der Waals surface area contributed by atoms with Crippen molar-refractivity contribution in [3.05, 3.63) is 69.3 Å². The van der Waals surface area contributed by atoms with Crippen LogP contribution in [0.2, 0.25) is 0 Å². The summed E-state index contributed by atoms with van der Waals surface area (Å²) >= 11 is 0.677. The number of aromatic nitrogens is 2. The number of ether oxygens (including phenoxy) is 2. The van der Waals surface area contributed by atoms with Crippen molar-refractivity contribution in [2.45, 2.75) is 18.7 Å². The van der Waals surface area contributed by atoms with Crippen molar-refractivity contribution in [1.82, 2.24) is 9.36 Å². The van der Waals surface area contributed by atoms with Crippen LogP contribution in [-0.4, -0.2) is 41.5 Å². The largest absolute Gasteiger partial charge is 0.490 e. The number of anilines is 1. The van der Waals surface area contributed by atoms with E-state index in [0.29, 0.717) is 40.8 Å². The van der Waals surface area contributed by atoms with Crippen molar-refractivity contribution in [3.63, 3.8) is 0 Å². The smallest absolute Gasteiger partial charge is 0.269 e. The number of amides is 1. The molecule has 186 valence electrons. The second-order valence-electron chi connectivity index (χ2n) is 7.13. The lowest BCUT2D eigenvalue weighted by Gasteiger charge is -2.13. The zero-order chi connectivity index (χ0) is 26.3. The van der Waals surface area contributed by atoms with E-state index in [0.717, 1.165) is 6.26 Å². The average molecular weight is 530 g/mol. The van der Waals surface area contributed by atoms with Gasteiger partial charge in [0.25, 0.3) is 16.8 Å². The summed E-state index contributed by atoms with van der Waals surface area (Å²) in [6.07, 6.45) is 2.27. The molecule has 36 heavy (non-hydrogen) atoms. The highest BCUT2D eigenvalue weighted by atomic mass is 32.2. The number of nitro benzene ring substituents is 1. The maximum atomic E-state index is 12.5. The number of rotatable bonds is 10. The second-order valence-corrected chi connectivity index (χ2v) is 9.79. The van der Waals surface area contributed by atoms with Crippen LogP contribution < -0.4 is 14.8 Å². The summed E-state index contributed by atoms with van der Waals surface area (Å²) in [5.74, 6) is -0.0181. The number of hydrogen-bond donors (Lipinski definition) is 1. The minimum atomic E-state index is -3.63. The van der Waals surface area contributed by atoms with Gasteiger partial charge in [-0.25, -0.2) is 8.42 Å². The molecule has 1 amide bonds. The van der Waals surface area contributed by atoms with E-state index in [1.54, 1.807) is 43.3 Å². The van der Waals surface area contributed by atoms with E-state index in [1.807, 2.05) is 0 Å². The van der Waals surface area contributed by atoms with Gasteiger partial charge >= 0.3 is 0 Å². The van der Waals surface area contributed by atoms with Crippen LogP contribution in [0.3, 0.4) is 0 Å². The Bertz CT molecular complexity index is 1460. The Labute approximate surface area is 210 Å². The van der Waals surface area contributed by atoms with Crippen LogP contribution in [0.25, 0.3) is 6.08 Å². The minimum absolute atomic E-state index is 0.0239. The zero-order valence-corrected chi connectivity index (χ0v) is 20.6. The van der Waals surface area contributed by atoms with Gasteiger partial charge in [0.05, 0.1) is 11.5 Å². The van der Waals surface area contributed by atoms with Crippen LogP contribution in [0.4, 0.5) is 10.8 Å². The standard InChI is InChI=1S/C22H19N5O7S2/c1-3-33-19-11-15(6-9-18(19)34-13-14-4-7-17(8-5-14)27(29)30)10-16(12-23)20(28)24-21-25-22(26-35-21)36(2,31)32/h4-11H,3,13H2,1-2H3,(H,24,25,26,28)/b16-10-. The molecule has 3 aromatic rings. The monoisotopic (exact) mass is 529 g/mol. The van der Waals surface area contributed by atoms with Crippen molar-refractivity contribution in [2.75, 3.05) is 18.2 Å². The van der Waals surface area contributed by atoms with E-state index in [1.165, 1.54) is 18.2 Å². The number of nitrogens with one attached hydrogen (secondary N) is 1. The second kappa shape index (κ2) is 11.4. The molecule has 3 rings (SSSR count). The van der Waals surface area contributed by atoms with Gasteiger partial charge in [0, 0.05) is 29.9 Å². The Balaban J connectivity index is 1.76. The van der Waals surface area contributed by atoms with Crippen LogP contribution in [0, 0.1) is 21.4 Å². The Morgan fingerprint density at radius 2 is 1.94 bits per heavy atom. The zero-order valence-electron chi connectivity index (χ0n) is 19.0. The first kappa shape index (κ1) is 26.3. The molecule has 1 aromatic heterocycles. The normalized spacial score (nSPS) is 11.4. The molecule has 0 atom stereocenters. The fourth-order valence-corrected chi connectivity index (χ4v) is 4.21. The van der Waals surface area contributed by atoms with Gasteiger partial charge in [0.15, 0.2) is 11.5 Å². The predicted octanol–water partition coefficient (Wildman–Crippen LogP) is 3.37. The van der Waals surface area contributed by atoms with E-state index >= 15 is 0 Å². The summed E-state index contributed by atoms with van der Waals surface area (Å²) in [4.78, 5) is 26.5. The van der Waals surface area contributed by atoms with Crippen LogP contribution in [-0.2, 0) is 21.2 Å². The molecule has 0 spiro atoms. The summed E-state index contributed by atoms with van der Waals surface area (Å²) in [6.45, 7) is 2.24. The Morgan fingerprint density at radius 1 is 1.22 bits per heavy atom. The van der Waals surface area contributed by atoms with E-state index in [9.17, 15) is 28.6 Å². The lowest BCUT2D eigenvalue weighted by atomic mass is 10.1. The molecule has 12 nitrogen and oxygen atoms in total. The maximum absolute atomic E-state index is 12.5. The fourth-order valence-electron chi connectivity index (χ4n) is 2.77. The van der Waals surface area contributed by atoms with Gasteiger partial charge in [-0.15, -0.1) is 0 Å². The molecule has 14 heteroatoms. The number of hydrogen-bond acceptors (Lipinski definition) is 11. The number of sulfone groups is 1. The van der Waals surface area contributed by atoms with Gasteiger partial charge in [-0.05, 0) is 48.4 Å². The molecule has 0 saturated carbocycles. The molecule has 0 radical (unpaired) electrons. The lowest BCUT2D eigenvalue weighted by Crippen LogP contribution is -2.13. The predicted molar refractivity (Wildman–Crippen MR) is 130 cm³/mol. The number of nitrogens with zero attached hydrogens (tertiary/aromatic N) is 4. The third kappa shape index (κ3) is 6.84. The molecule has 2 aromatic carbocycles. The van der Waals surface area contributed by atoms with Gasteiger partial charge in [-0.1, -0.05) is 6.07 Å². The molecular formula is C22H19N5O7S2. The lowest BCUT2D eigenvalue weighted by molar-refractivity contribution is -0.384. The number of nitro groups is 1. The van der Waals surface area contributed by atoms with Gasteiger partial charge in [0.1, 0.15) is 18.2 Å². The third-order valence-corrected chi connectivity index (χ3v) is 6.04. The molecule has 0 aliphatic heterocycles. The fraction of sp³-hybridized carbons (Fsp3) is 0.182. The quantitative estimate of drug-likeness (QED) is 0.177. The van der Waals surface area contributed by atoms with E-state index in [4.69, 9.17) is 9.47 Å². The van der Waals surface area contributed by atoms with Crippen LogP contribution in [0.5, 0.6) is 11.5 Å². The average Bonchev–Trinajstić information content (AvgIpc) is 3.31. The van der Waals surface area contributed by atoms with Gasteiger partial charge < -0.3 is 9.47 Å². The molecule has 0 fully saturated rings. The van der Waals surface area contributed by atoms with Crippen molar-refractivity contribution in [2.24, 2.45) is 0 Å². The molecule has 0 aliphatic carbocycles. The summed E-state index contributed by atoms with van der Waals surface area (Å²) in [6, 6.07) is 12.6.